The number of ether oxygens (including phenoxy) is 1. The molecule has 338 valence electrons. The van der Waals surface area contributed by atoms with Crippen LogP contribution in [0.25, 0.3) is 11.2 Å². The first-order valence-electron chi connectivity index (χ1n) is 20.4. The summed E-state index contributed by atoms with van der Waals surface area (Å²) in [4.78, 5) is 71.8. The number of nitrogens with zero attached hydrogens (tertiary/aromatic N) is 3. The number of aromatic amines is 1. The summed E-state index contributed by atoms with van der Waals surface area (Å²) in [6.45, 7) is 41.3. The van der Waals surface area contributed by atoms with Gasteiger partial charge in [-0.25, -0.2) is 14.3 Å². The van der Waals surface area contributed by atoms with Gasteiger partial charge in [0.15, 0.2) is 11.2 Å². The highest BCUT2D eigenvalue weighted by molar-refractivity contribution is 7.64. The lowest BCUT2D eigenvalue weighted by molar-refractivity contribution is -0.894. The minimum Gasteiger partial charge on any atom is -0.790 e. The van der Waals surface area contributed by atoms with E-state index in [-0.39, 0.29) is 17.6 Å². The molecule has 23 heteroatoms. The van der Waals surface area contributed by atoms with E-state index < -0.39 is 48.0 Å². The maximum absolute atomic E-state index is 11.7. The Morgan fingerprint density at radius 1 is 0.667 bits per heavy atom. The lowest BCUT2D eigenvalue weighted by Crippen LogP contribution is -3.11. The highest BCUT2D eigenvalue weighted by Crippen LogP contribution is 2.60. The van der Waals surface area contributed by atoms with E-state index in [1.807, 2.05) is 0 Å². The van der Waals surface area contributed by atoms with E-state index in [1.165, 1.54) is 95.8 Å². The van der Waals surface area contributed by atoms with E-state index in [0.29, 0.717) is 6.42 Å². The highest BCUT2D eigenvalue weighted by atomic mass is 31.3. The van der Waals surface area contributed by atoms with E-state index in [0.717, 1.165) is 0 Å². The number of hydrogen-bond donors (Lipinski definition) is 5. The SMILES string of the molecule is CC[NH+](CC)CC.CC[NH+](CC)CC.CC[NH+](CC)CC.CC[NH+](CC)CC.O=c1[nH]cnc2c1ncn2[C@H]1CC[C@@H](COP(=O)([O-])OP(=O)([O-])OP(=O)([O-])[O-])O1. The number of aromatic nitrogens is 4. The van der Waals surface area contributed by atoms with Gasteiger partial charge < -0.3 is 58.0 Å². The number of quaternary nitrogens is 4. The van der Waals surface area contributed by atoms with Crippen LogP contribution in [0, 0.1) is 0 Å². The fourth-order valence-corrected chi connectivity index (χ4v) is 8.43. The zero-order valence-corrected chi connectivity index (χ0v) is 39.2. The molecule has 0 aromatic carbocycles. The molecular weight excluding hydrogens is 805 g/mol. The van der Waals surface area contributed by atoms with Crippen LogP contribution in [-0.4, -0.2) is 111 Å². The van der Waals surface area contributed by atoms with Gasteiger partial charge in [0.05, 0.1) is 112 Å². The first-order valence-corrected chi connectivity index (χ1v) is 24.7. The Bertz CT molecular complexity index is 1430. The van der Waals surface area contributed by atoms with Crippen molar-refractivity contribution in [2.75, 3.05) is 85.1 Å². The van der Waals surface area contributed by atoms with Gasteiger partial charge in [0.2, 0.25) is 0 Å². The lowest BCUT2D eigenvalue weighted by atomic mass is 10.2. The Labute approximate surface area is 340 Å². The van der Waals surface area contributed by atoms with Crippen molar-refractivity contribution < 1.29 is 70.8 Å². The van der Waals surface area contributed by atoms with Crippen molar-refractivity contribution >= 4 is 34.6 Å². The number of nitrogens with one attached hydrogen (secondary N) is 5. The van der Waals surface area contributed by atoms with Crippen LogP contribution in [-0.2, 0) is 31.6 Å². The molecule has 0 aliphatic carbocycles. The van der Waals surface area contributed by atoms with Crippen LogP contribution in [0.4, 0.5) is 0 Å². The van der Waals surface area contributed by atoms with Gasteiger partial charge in [0, 0.05) is 0 Å². The van der Waals surface area contributed by atoms with Gasteiger partial charge in [-0.1, -0.05) is 0 Å². The fourth-order valence-electron chi connectivity index (χ4n) is 5.55. The predicted molar refractivity (Wildman–Crippen MR) is 213 cm³/mol. The molecule has 1 aliphatic rings. The van der Waals surface area contributed by atoms with Gasteiger partial charge >= 0.3 is 0 Å². The van der Waals surface area contributed by atoms with Crippen LogP contribution >= 0.6 is 23.5 Å². The molecule has 5 N–H and O–H groups in total. The minimum absolute atomic E-state index is 0.0773. The average Bonchev–Trinajstić information content (AvgIpc) is 3.82. The summed E-state index contributed by atoms with van der Waals surface area (Å²) >= 11 is 0. The van der Waals surface area contributed by atoms with E-state index in [4.69, 9.17) is 4.74 Å². The van der Waals surface area contributed by atoms with Crippen LogP contribution in [0.5, 0.6) is 0 Å². The van der Waals surface area contributed by atoms with Gasteiger partial charge in [-0.05, 0) is 95.9 Å². The van der Waals surface area contributed by atoms with Gasteiger partial charge in [-0.2, -0.15) is 0 Å². The Kier molecular flexibility index (Phi) is 31.8. The van der Waals surface area contributed by atoms with Gasteiger partial charge in [0.25, 0.3) is 21.2 Å². The topological polar surface area (TPSA) is 262 Å². The van der Waals surface area contributed by atoms with Crippen molar-refractivity contribution in [1.29, 1.82) is 0 Å². The molecule has 2 unspecified atom stereocenters. The summed E-state index contributed by atoms with van der Waals surface area (Å²) in [5, 5.41) is 0. The Hall–Kier alpha value is -1.44. The van der Waals surface area contributed by atoms with Crippen molar-refractivity contribution in [3.8, 4) is 0 Å². The van der Waals surface area contributed by atoms with Gasteiger partial charge in [-0.15, -0.1) is 0 Å². The van der Waals surface area contributed by atoms with Crippen LogP contribution in [0.1, 0.15) is 102 Å². The van der Waals surface area contributed by atoms with Crippen LogP contribution < -0.4 is 44.7 Å². The quantitative estimate of drug-likeness (QED) is 0.0851. The van der Waals surface area contributed by atoms with Gasteiger partial charge in [0.1, 0.15) is 6.23 Å². The van der Waals surface area contributed by atoms with Crippen LogP contribution in [0.15, 0.2) is 17.4 Å². The normalized spacial score (nSPS) is 17.5. The molecule has 3 rings (SSSR count). The zero-order chi connectivity index (χ0) is 44.2. The summed E-state index contributed by atoms with van der Waals surface area (Å²) in [7, 11) is -17.7. The van der Waals surface area contributed by atoms with Crippen molar-refractivity contribution in [1.82, 2.24) is 19.5 Å². The minimum atomic E-state index is -6.05. The molecule has 1 fully saturated rings. The standard InChI is InChI=1S/C10H15N4O12P3.4C6H15N/c15-10-8-9(11-4-12-10)14(5-13-8)7-2-1-6(24-7)3-23-28(19,20)26-29(21,22)25-27(16,17)18;4*1-4-7(5-2)6-3/h4-7H,1-3H2,(H,19,20)(H,21,22)(H,11,12,15)(H2,16,17,18);4*4-6H2,1-3H3/t6-,7+;;;;/m0..../s1. The summed E-state index contributed by atoms with van der Waals surface area (Å²) in [6.07, 6.45) is 1.64. The molecule has 57 heavy (non-hydrogen) atoms. The van der Waals surface area contributed by atoms with Crippen molar-refractivity contribution in [3.05, 3.63) is 23.0 Å². The monoisotopic (exact) mass is 880 g/mol. The zero-order valence-electron chi connectivity index (χ0n) is 36.5. The Balaban J connectivity index is 0. The number of H-pyrrole nitrogens is 1. The van der Waals surface area contributed by atoms with Gasteiger partial charge in [-0.3, -0.25) is 22.8 Å². The summed E-state index contributed by atoms with van der Waals surface area (Å²) < 4.78 is 50.8. The first-order chi connectivity index (χ1) is 26.7. The third-order valence-electron chi connectivity index (χ3n) is 9.58. The third-order valence-corrected chi connectivity index (χ3v) is 13.2. The van der Waals surface area contributed by atoms with Crippen LogP contribution in [0.2, 0.25) is 0 Å². The predicted octanol–water partition coefficient (Wildman–Crippen LogP) is -2.66. The highest BCUT2D eigenvalue weighted by Gasteiger charge is 2.30. The Morgan fingerprint density at radius 3 is 1.42 bits per heavy atom. The maximum atomic E-state index is 11.7. The molecule has 4 atom stereocenters. The van der Waals surface area contributed by atoms with E-state index >= 15 is 0 Å². The van der Waals surface area contributed by atoms with Crippen LogP contribution in [0.3, 0.4) is 0 Å². The number of hydrogen-bond acceptors (Lipinski definition) is 14. The van der Waals surface area contributed by atoms with Crippen molar-refractivity contribution in [2.24, 2.45) is 0 Å². The summed E-state index contributed by atoms with van der Waals surface area (Å²) in [5.41, 5.74) is -0.142. The van der Waals surface area contributed by atoms with E-state index in [1.54, 1.807) is 19.6 Å². The second kappa shape index (κ2) is 31.4. The maximum Gasteiger partial charge on any atom is 0.278 e. The van der Waals surface area contributed by atoms with Crippen molar-refractivity contribution in [3.63, 3.8) is 0 Å². The number of fused-ring (bicyclic) bond motifs is 1. The number of phosphoric acid groups is 3. The largest absolute Gasteiger partial charge is 0.790 e. The smallest absolute Gasteiger partial charge is 0.278 e. The molecule has 2 aromatic rings. The van der Waals surface area contributed by atoms with E-state index in [9.17, 15) is 38.1 Å². The number of phosphoric ester groups is 1. The van der Waals surface area contributed by atoms with E-state index in [2.05, 4.69) is 111 Å². The summed E-state index contributed by atoms with van der Waals surface area (Å²) in [5.74, 6) is 0. The molecule has 0 amide bonds. The average molecular weight is 881 g/mol. The molecule has 2 aromatic heterocycles. The molecule has 3 heterocycles. The second-order valence-electron chi connectivity index (χ2n) is 12.9. The lowest BCUT2D eigenvalue weighted by Gasteiger charge is -2.37. The molecule has 0 radical (unpaired) electrons. The fraction of sp³-hybridized carbons (Fsp3) is 0.853. The Morgan fingerprint density at radius 2 is 1.07 bits per heavy atom. The first kappa shape index (κ1) is 57.7. The molecule has 1 saturated heterocycles. The number of imidazole rings is 1. The molecular formula is C34H75N8O12P3. The molecule has 0 spiro atoms. The second-order valence-corrected chi connectivity index (χ2v) is 17.1. The third kappa shape index (κ3) is 25.7. The number of rotatable bonds is 20. The molecule has 1 aliphatic heterocycles. The summed E-state index contributed by atoms with van der Waals surface area (Å²) in [6, 6.07) is 0. The molecule has 0 bridgehead atoms. The van der Waals surface area contributed by atoms with Crippen molar-refractivity contribution in [2.45, 2.75) is 108 Å². The molecule has 20 nitrogen and oxygen atoms in total. The molecule has 0 saturated carbocycles.